The lowest BCUT2D eigenvalue weighted by molar-refractivity contribution is 0.0734. The fraction of sp³-hybridized carbons (Fsp3) is 0.0385. The first kappa shape index (κ1) is 22.5. The minimum absolute atomic E-state index is 0.185. The minimum Gasteiger partial charge on any atom is -0.422 e. The average molecular weight is 477 g/mol. The molecule has 4 aromatic rings. The standard InChI is InChI=1S/C26H18Cl2N2O3/c1-16-6-2-4-8-19(16)25(31)30-29-15-22-20-9-5-3-7-17(20)10-13-24(22)33-26(32)21-12-11-18(27)14-23(21)28/h2-15H,1H3,(H,30,31). The summed E-state index contributed by atoms with van der Waals surface area (Å²) in [4.78, 5) is 25.3. The second kappa shape index (κ2) is 9.86. The Kier molecular flexibility index (Phi) is 6.73. The van der Waals surface area contributed by atoms with Crippen LogP contribution in [0, 0.1) is 6.92 Å². The monoisotopic (exact) mass is 476 g/mol. The molecule has 0 aliphatic carbocycles. The summed E-state index contributed by atoms with van der Waals surface area (Å²) in [5.74, 6) is -0.694. The minimum atomic E-state index is -0.634. The van der Waals surface area contributed by atoms with Gasteiger partial charge in [0.2, 0.25) is 0 Å². The van der Waals surface area contributed by atoms with Gasteiger partial charge in [0.05, 0.1) is 16.8 Å². The van der Waals surface area contributed by atoms with Crippen molar-refractivity contribution in [3.05, 3.63) is 111 Å². The van der Waals surface area contributed by atoms with Crippen molar-refractivity contribution in [1.82, 2.24) is 5.43 Å². The molecule has 0 fully saturated rings. The number of esters is 1. The lowest BCUT2D eigenvalue weighted by Crippen LogP contribution is -2.18. The van der Waals surface area contributed by atoms with Crippen LogP contribution in [-0.2, 0) is 0 Å². The van der Waals surface area contributed by atoms with Crippen LogP contribution in [0.15, 0.2) is 84.0 Å². The average Bonchev–Trinajstić information content (AvgIpc) is 2.80. The van der Waals surface area contributed by atoms with Gasteiger partial charge in [-0.05, 0) is 53.6 Å². The Morgan fingerprint density at radius 2 is 1.67 bits per heavy atom. The second-order valence-electron chi connectivity index (χ2n) is 7.23. The summed E-state index contributed by atoms with van der Waals surface area (Å²) in [5, 5.41) is 6.45. The SMILES string of the molecule is Cc1ccccc1C(=O)NN=Cc1c(OC(=O)c2ccc(Cl)cc2Cl)ccc2ccccc12. The Morgan fingerprint density at radius 3 is 2.45 bits per heavy atom. The molecule has 0 spiro atoms. The van der Waals surface area contributed by atoms with Crippen LogP contribution in [0.25, 0.3) is 10.8 Å². The molecule has 0 saturated carbocycles. The summed E-state index contributed by atoms with van der Waals surface area (Å²) in [6.45, 7) is 1.85. The third-order valence-corrected chi connectivity index (χ3v) is 5.58. The summed E-state index contributed by atoms with van der Waals surface area (Å²) >= 11 is 12.1. The van der Waals surface area contributed by atoms with Crippen molar-refractivity contribution in [2.24, 2.45) is 5.10 Å². The molecule has 0 bridgehead atoms. The summed E-state index contributed by atoms with van der Waals surface area (Å²) in [6, 6.07) is 22.9. The van der Waals surface area contributed by atoms with Gasteiger partial charge in [-0.25, -0.2) is 10.2 Å². The number of amides is 1. The van der Waals surface area contributed by atoms with Crippen molar-refractivity contribution in [2.45, 2.75) is 6.92 Å². The van der Waals surface area contributed by atoms with Crippen LogP contribution < -0.4 is 10.2 Å². The van der Waals surface area contributed by atoms with E-state index in [-0.39, 0.29) is 22.2 Å². The largest absolute Gasteiger partial charge is 0.422 e. The first-order chi connectivity index (χ1) is 15.9. The highest BCUT2D eigenvalue weighted by atomic mass is 35.5. The third-order valence-electron chi connectivity index (χ3n) is 5.03. The number of nitrogens with one attached hydrogen (secondary N) is 1. The number of hydrogen-bond donors (Lipinski definition) is 1. The van der Waals surface area contributed by atoms with Gasteiger partial charge in [0.25, 0.3) is 5.91 Å². The molecule has 5 nitrogen and oxygen atoms in total. The van der Waals surface area contributed by atoms with Crippen molar-refractivity contribution >= 4 is 52.1 Å². The number of rotatable bonds is 5. The summed E-state index contributed by atoms with van der Waals surface area (Å²) in [7, 11) is 0. The Labute approximate surface area is 200 Å². The summed E-state index contributed by atoms with van der Waals surface area (Å²) < 4.78 is 5.65. The van der Waals surface area contributed by atoms with Gasteiger partial charge in [0.1, 0.15) is 5.75 Å². The molecule has 0 saturated heterocycles. The van der Waals surface area contributed by atoms with Crippen molar-refractivity contribution in [3.63, 3.8) is 0 Å². The number of halogens is 2. The predicted octanol–water partition coefficient (Wildman–Crippen LogP) is 6.44. The number of nitrogens with zero attached hydrogens (tertiary/aromatic N) is 1. The molecule has 1 N–H and O–H groups in total. The predicted molar refractivity (Wildman–Crippen MR) is 132 cm³/mol. The lowest BCUT2D eigenvalue weighted by Gasteiger charge is -2.11. The first-order valence-corrected chi connectivity index (χ1v) is 10.8. The Bertz CT molecular complexity index is 1400. The first-order valence-electron chi connectivity index (χ1n) is 10.0. The zero-order chi connectivity index (χ0) is 23.4. The highest BCUT2D eigenvalue weighted by Crippen LogP contribution is 2.29. The molecule has 164 valence electrons. The molecular formula is C26H18Cl2N2O3. The molecule has 1 amide bonds. The molecule has 7 heteroatoms. The van der Waals surface area contributed by atoms with Crippen LogP contribution in [0.3, 0.4) is 0 Å². The highest BCUT2D eigenvalue weighted by molar-refractivity contribution is 6.36. The topological polar surface area (TPSA) is 67.8 Å². The van der Waals surface area contributed by atoms with Crippen molar-refractivity contribution in [1.29, 1.82) is 0 Å². The van der Waals surface area contributed by atoms with Gasteiger partial charge in [-0.15, -0.1) is 0 Å². The lowest BCUT2D eigenvalue weighted by atomic mass is 10.0. The molecule has 0 aliphatic rings. The maximum Gasteiger partial charge on any atom is 0.345 e. The molecule has 4 rings (SSSR count). The van der Waals surface area contributed by atoms with E-state index in [1.54, 1.807) is 24.3 Å². The molecule has 0 atom stereocenters. The van der Waals surface area contributed by atoms with E-state index in [1.807, 2.05) is 49.4 Å². The fourth-order valence-electron chi connectivity index (χ4n) is 3.35. The number of fused-ring (bicyclic) bond motifs is 1. The molecule has 0 heterocycles. The van der Waals surface area contributed by atoms with Crippen LogP contribution in [0.2, 0.25) is 10.0 Å². The van der Waals surface area contributed by atoms with Crippen LogP contribution in [0.5, 0.6) is 5.75 Å². The van der Waals surface area contributed by atoms with E-state index in [1.165, 1.54) is 18.3 Å². The number of ether oxygens (including phenoxy) is 1. The fourth-order valence-corrected chi connectivity index (χ4v) is 3.84. The Balaban J connectivity index is 1.65. The van der Waals surface area contributed by atoms with E-state index in [2.05, 4.69) is 10.5 Å². The quantitative estimate of drug-likeness (QED) is 0.156. The molecule has 0 unspecified atom stereocenters. The third kappa shape index (κ3) is 5.06. The normalized spacial score (nSPS) is 11.0. The van der Waals surface area contributed by atoms with Gasteiger partial charge in [0, 0.05) is 16.1 Å². The Morgan fingerprint density at radius 1 is 0.909 bits per heavy atom. The number of carbonyl (C=O) groups excluding carboxylic acids is 2. The van der Waals surface area contributed by atoms with Gasteiger partial charge < -0.3 is 4.74 Å². The van der Waals surface area contributed by atoms with Gasteiger partial charge in [-0.3, -0.25) is 4.79 Å². The number of carbonyl (C=O) groups is 2. The number of aryl methyl sites for hydroxylation is 1. The molecule has 33 heavy (non-hydrogen) atoms. The summed E-state index contributed by atoms with van der Waals surface area (Å²) in [5.41, 5.74) is 4.62. The van der Waals surface area contributed by atoms with E-state index >= 15 is 0 Å². The molecule has 0 radical (unpaired) electrons. The summed E-state index contributed by atoms with van der Waals surface area (Å²) in [6.07, 6.45) is 1.46. The molecule has 0 aliphatic heterocycles. The van der Waals surface area contributed by atoms with E-state index in [0.29, 0.717) is 16.1 Å². The van der Waals surface area contributed by atoms with Crippen LogP contribution in [0.4, 0.5) is 0 Å². The number of hydrazone groups is 1. The van der Waals surface area contributed by atoms with Crippen molar-refractivity contribution < 1.29 is 14.3 Å². The zero-order valence-corrected chi connectivity index (χ0v) is 19.0. The van der Waals surface area contributed by atoms with E-state index in [0.717, 1.165) is 16.3 Å². The van der Waals surface area contributed by atoms with Crippen LogP contribution in [-0.4, -0.2) is 18.1 Å². The smallest absolute Gasteiger partial charge is 0.345 e. The van der Waals surface area contributed by atoms with Gasteiger partial charge in [-0.1, -0.05) is 71.7 Å². The van der Waals surface area contributed by atoms with Crippen molar-refractivity contribution in [2.75, 3.05) is 0 Å². The molecular weight excluding hydrogens is 459 g/mol. The number of hydrogen-bond acceptors (Lipinski definition) is 4. The number of benzene rings is 4. The second-order valence-corrected chi connectivity index (χ2v) is 8.07. The maximum absolute atomic E-state index is 12.8. The molecule has 0 aromatic heterocycles. The van der Waals surface area contributed by atoms with Gasteiger partial charge in [0.15, 0.2) is 0 Å². The van der Waals surface area contributed by atoms with Crippen LogP contribution in [0.1, 0.15) is 31.8 Å². The van der Waals surface area contributed by atoms with E-state index in [9.17, 15) is 9.59 Å². The van der Waals surface area contributed by atoms with E-state index < -0.39 is 5.97 Å². The maximum atomic E-state index is 12.8. The van der Waals surface area contributed by atoms with Crippen LogP contribution >= 0.6 is 23.2 Å². The highest BCUT2D eigenvalue weighted by Gasteiger charge is 2.16. The van der Waals surface area contributed by atoms with E-state index in [4.69, 9.17) is 27.9 Å². The van der Waals surface area contributed by atoms with Gasteiger partial charge >= 0.3 is 5.97 Å². The molecule has 4 aromatic carbocycles. The van der Waals surface area contributed by atoms with Crippen molar-refractivity contribution in [3.8, 4) is 5.75 Å². The van der Waals surface area contributed by atoms with Gasteiger partial charge in [-0.2, -0.15) is 5.10 Å². The Hall–Kier alpha value is -3.67. The zero-order valence-electron chi connectivity index (χ0n) is 17.5.